The maximum Gasteiger partial charge on any atom is 0.139 e. The van der Waals surface area contributed by atoms with E-state index in [0.29, 0.717) is 37.1 Å². The quantitative estimate of drug-likeness (QED) is 0.536. The van der Waals surface area contributed by atoms with Crippen molar-refractivity contribution in [2.45, 2.75) is 43.9 Å². The molecule has 0 aliphatic heterocycles. The van der Waals surface area contributed by atoms with Gasteiger partial charge in [0.2, 0.25) is 0 Å². The van der Waals surface area contributed by atoms with Crippen LogP contribution in [0.1, 0.15) is 38.8 Å². The molecule has 1 atom stereocenters. The number of hydrogen-bond acceptors (Lipinski definition) is 3. The summed E-state index contributed by atoms with van der Waals surface area (Å²) in [5.74, 6) is 0.313. The van der Waals surface area contributed by atoms with Crippen molar-refractivity contribution in [3.05, 3.63) is 67.5 Å². The van der Waals surface area contributed by atoms with Gasteiger partial charge in [-0.05, 0) is 56.7 Å². The molecule has 0 aliphatic rings. The second-order valence-electron chi connectivity index (χ2n) is 8.05. The Labute approximate surface area is 186 Å². The molecular formula is C23H23BrClNO2S. The highest BCUT2D eigenvalue weighted by Crippen LogP contribution is 2.27. The Morgan fingerprint density at radius 3 is 2.38 bits per heavy atom. The Hall–Kier alpha value is -1.69. The standard InChI is InChI=1S/C23H23BrClNO2S/c1-13-19(14(2)27)22(26-21-17(24)10-11-18(25)20(13)21)29(28)12-15-6-8-16(9-7-15)23(3,4)5/h6-11,27H,1,12H2,2-5H3. The highest BCUT2D eigenvalue weighted by Gasteiger charge is 2.17. The molecule has 1 N–H and O–H groups in total. The van der Waals surface area contributed by atoms with E-state index >= 15 is 0 Å². The molecule has 0 spiro atoms. The molecule has 1 unspecified atom stereocenters. The summed E-state index contributed by atoms with van der Waals surface area (Å²) in [5.41, 5.74) is 2.80. The van der Waals surface area contributed by atoms with Crippen LogP contribution in [0.15, 0.2) is 45.9 Å². The number of nitrogens with zero attached hydrogens (tertiary/aromatic N) is 1. The molecule has 2 aromatic carbocycles. The molecule has 3 aromatic rings. The Kier molecular flexibility index (Phi) is 6.23. The van der Waals surface area contributed by atoms with Gasteiger partial charge in [-0.3, -0.25) is 4.21 Å². The zero-order valence-corrected chi connectivity index (χ0v) is 20.0. The first kappa shape index (κ1) is 22.0. The maximum atomic E-state index is 13.3. The van der Waals surface area contributed by atoms with Gasteiger partial charge < -0.3 is 5.11 Å². The van der Waals surface area contributed by atoms with Crippen LogP contribution in [0.4, 0.5) is 0 Å². The molecule has 0 saturated heterocycles. The average molecular weight is 493 g/mol. The smallest absolute Gasteiger partial charge is 0.139 e. The minimum absolute atomic E-state index is 0.0203. The molecule has 0 saturated carbocycles. The zero-order valence-electron chi connectivity index (χ0n) is 16.8. The summed E-state index contributed by atoms with van der Waals surface area (Å²) in [6.07, 6.45) is 0. The van der Waals surface area contributed by atoms with Gasteiger partial charge in [0.25, 0.3) is 0 Å². The number of aliphatic hydroxyl groups excluding tert-OH is 1. The molecule has 0 fully saturated rings. The third kappa shape index (κ3) is 4.42. The van der Waals surface area contributed by atoms with Gasteiger partial charge in [0.1, 0.15) is 5.03 Å². The molecule has 1 aromatic heterocycles. The summed E-state index contributed by atoms with van der Waals surface area (Å²) in [6.45, 7) is 12.1. The van der Waals surface area contributed by atoms with Crippen molar-refractivity contribution in [3.63, 3.8) is 0 Å². The van der Waals surface area contributed by atoms with Crippen molar-refractivity contribution >= 4 is 61.6 Å². The van der Waals surface area contributed by atoms with Gasteiger partial charge in [-0.15, -0.1) is 0 Å². The SMILES string of the molecule is C=c1c(=C(C)O)c(S(=O)Cc2ccc(C(C)(C)C)cc2)nc2c(Br)ccc(Cl)c12. The fourth-order valence-corrected chi connectivity index (χ4v) is 5.22. The Morgan fingerprint density at radius 2 is 1.83 bits per heavy atom. The molecule has 152 valence electrons. The fourth-order valence-electron chi connectivity index (χ4n) is 3.21. The van der Waals surface area contributed by atoms with Crippen LogP contribution in [-0.2, 0) is 22.0 Å². The highest BCUT2D eigenvalue weighted by atomic mass is 79.9. The first-order valence-electron chi connectivity index (χ1n) is 9.15. The van der Waals surface area contributed by atoms with Crippen molar-refractivity contribution in [2.75, 3.05) is 0 Å². The molecule has 3 nitrogen and oxygen atoms in total. The van der Waals surface area contributed by atoms with Gasteiger partial charge in [-0.25, -0.2) is 4.98 Å². The molecule has 0 bridgehead atoms. The van der Waals surface area contributed by atoms with Gasteiger partial charge in [-0.1, -0.05) is 63.2 Å². The van der Waals surface area contributed by atoms with E-state index in [-0.39, 0.29) is 11.2 Å². The minimum Gasteiger partial charge on any atom is -0.512 e. The van der Waals surface area contributed by atoms with Crippen LogP contribution in [0.2, 0.25) is 5.02 Å². The second kappa shape index (κ2) is 8.21. The number of fused-ring (bicyclic) bond motifs is 1. The third-order valence-electron chi connectivity index (χ3n) is 4.80. The molecular weight excluding hydrogens is 470 g/mol. The van der Waals surface area contributed by atoms with Crippen molar-refractivity contribution in [1.82, 2.24) is 4.98 Å². The molecule has 29 heavy (non-hydrogen) atoms. The summed E-state index contributed by atoms with van der Waals surface area (Å²) in [6, 6.07) is 11.7. The van der Waals surface area contributed by atoms with E-state index in [1.165, 1.54) is 5.56 Å². The van der Waals surface area contributed by atoms with Gasteiger partial charge in [0, 0.05) is 9.86 Å². The Balaban J connectivity index is 2.13. The van der Waals surface area contributed by atoms with E-state index in [0.717, 1.165) is 10.0 Å². The molecule has 0 amide bonds. The first-order valence-corrected chi connectivity index (χ1v) is 11.6. The molecule has 0 aliphatic carbocycles. The van der Waals surface area contributed by atoms with Gasteiger partial charge in [0.15, 0.2) is 0 Å². The summed E-state index contributed by atoms with van der Waals surface area (Å²) >= 11 is 9.84. The number of pyridine rings is 1. The zero-order chi connectivity index (χ0) is 21.5. The number of rotatable bonds is 3. The van der Waals surface area contributed by atoms with Crippen molar-refractivity contribution in [1.29, 1.82) is 0 Å². The predicted molar refractivity (Wildman–Crippen MR) is 126 cm³/mol. The van der Waals surface area contributed by atoms with Crippen molar-refractivity contribution in [2.24, 2.45) is 0 Å². The Bertz CT molecular complexity index is 1230. The van der Waals surface area contributed by atoms with E-state index < -0.39 is 10.8 Å². The monoisotopic (exact) mass is 491 g/mol. The summed E-state index contributed by atoms with van der Waals surface area (Å²) in [4.78, 5) is 4.62. The number of hydrogen-bond donors (Lipinski definition) is 1. The predicted octanol–water partition coefficient (Wildman–Crippen LogP) is 5.35. The molecule has 0 radical (unpaired) electrons. The lowest BCUT2D eigenvalue weighted by Gasteiger charge is -2.19. The van der Waals surface area contributed by atoms with Gasteiger partial charge in [-0.2, -0.15) is 0 Å². The van der Waals surface area contributed by atoms with Gasteiger partial charge in [0.05, 0.1) is 38.1 Å². The largest absolute Gasteiger partial charge is 0.512 e. The van der Waals surface area contributed by atoms with Crippen LogP contribution >= 0.6 is 27.5 Å². The normalized spacial score (nSPS) is 14.1. The highest BCUT2D eigenvalue weighted by molar-refractivity contribution is 9.10. The number of benzene rings is 2. The molecule has 6 heteroatoms. The number of aromatic nitrogens is 1. The summed E-state index contributed by atoms with van der Waals surface area (Å²) in [7, 11) is -1.47. The molecule has 3 rings (SSSR count). The summed E-state index contributed by atoms with van der Waals surface area (Å²) in [5, 5.41) is 12.6. The fraction of sp³-hybridized carbons (Fsp3) is 0.261. The van der Waals surface area contributed by atoms with Crippen LogP contribution in [0.5, 0.6) is 0 Å². The van der Waals surface area contributed by atoms with Crippen LogP contribution in [0.25, 0.3) is 23.2 Å². The number of halogens is 2. The van der Waals surface area contributed by atoms with Gasteiger partial charge >= 0.3 is 0 Å². The van der Waals surface area contributed by atoms with E-state index in [1.54, 1.807) is 19.1 Å². The molecule has 1 heterocycles. The van der Waals surface area contributed by atoms with Crippen molar-refractivity contribution < 1.29 is 9.32 Å². The topological polar surface area (TPSA) is 50.2 Å². The van der Waals surface area contributed by atoms with Crippen molar-refractivity contribution in [3.8, 4) is 0 Å². The lowest BCUT2D eigenvalue weighted by atomic mass is 9.87. The maximum absolute atomic E-state index is 13.3. The summed E-state index contributed by atoms with van der Waals surface area (Å²) < 4.78 is 14.0. The minimum atomic E-state index is -1.47. The Morgan fingerprint density at radius 1 is 1.21 bits per heavy atom. The lowest BCUT2D eigenvalue weighted by molar-refractivity contribution is 0.496. The third-order valence-corrected chi connectivity index (χ3v) is 7.08. The number of aliphatic hydroxyl groups is 1. The van der Waals surface area contributed by atoms with E-state index in [9.17, 15) is 9.32 Å². The first-order chi connectivity index (χ1) is 13.5. The second-order valence-corrected chi connectivity index (χ2v) is 10.7. The van der Waals surface area contributed by atoms with Crippen LogP contribution in [0, 0.1) is 0 Å². The van der Waals surface area contributed by atoms with Crippen LogP contribution < -0.4 is 10.4 Å². The average Bonchev–Trinajstić information content (AvgIpc) is 2.63. The van der Waals surface area contributed by atoms with Crippen LogP contribution in [-0.4, -0.2) is 14.3 Å². The van der Waals surface area contributed by atoms with E-state index in [2.05, 4.69) is 60.4 Å². The van der Waals surface area contributed by atoms with E-state index in [1.807, 2.05) is 12.1 Å². The van der Waals surface area contributed by atoms with E-state index in [4.69, 9.17) is 11.6 Å². The lowest BCUT2D eigenvalue weighted by Crippen LogP contribution is -2.32. The van der Waals surface area contributed by atoms with Crippen LogP contribution in [0.3, 0.4) is 0 Å².